The number of esters is 1. The monoisotopic (exact) mass is 527 g/mol. The normalized spacial score (nSPS) is 14.7. The minimum Gasteiger partial charge on any atom is -0.459 e. The van der Waals surface area contributed by atoms with Crippen LogP contribution in [0.25, 0.3) is 0 Å². The van der Waals surface area contributed by atoms with Gasteiger partial charge in [-0.15, -0.1) is 0 Å². The average molecular weight is 528 g/mol. The Morgan fingerprint density at radius 2 is 1.66 bits per heavy atom. The van der Waals surface area contributed by atoms with Crippen LogP contribution >= 0.6 is 0 Å². The number of nitrogens with one attached hydrogen (secondary N) is 2. The van der Waals surface area contributed by atoms with Gasteiger partial charge < -0.3 is 29.6 Å². The van der Waals surface area contributed by atoms with Crippen molar-refractivity contribution in [2.45, 2.75) is 59.3 Å². The number of hydrogen-bond donors (Lipinski definition) is 2. The predicted molar refractivity (Wildman–Crippen MR) is 139 cm³/mol. The molecule has 1 aromatic heterocycles. The maximum Gasteiger partial charge on any atom is 0.410 e. The smallest absolute Gasteiger partial charge is 0.410 e. The van der Waals surface area contributed by atoms with E-state index in [0.29, 0.717) is 19.5 Å². The predicted octanol–water partition coefficient (Wildman–Crippen LogP) is 2.99. The van der Waals surface area contributed by atoms with Crippen molar-refractivity contribution in [3.05, 3.63) is 53.6 Å². The number of H-pyrrole nitrogens is 1. The quantitative estimate of drug-likeness (QED) is 0.504. The molecule has 1 aliphatic heterocycles. The second kappa shape index (κ2) is 12.6. The minimum absolute atomic E-state index is 0.0224. The molecule has 206 valence electrons. The number of amides is 3. The van der Waals surface area contributed by atoms with E-state index in [2.05, 4.69) is 15.3 Å². The Hall–Kier alpha value is -3.89. The van der Waals surface area contributed by atoms with Crippen LogP contribution < -0.4 is 5.32 Å². The summed E-state index contributed by atoms with van der Waals surface area (Å²) in [6.45, 7) is 10.5. The molecule has 1 saturated heterocycles. The van der Waals surface area contributed by atoms with E-state index < -0.39 is 35.5 Å². The first-order chi connectivity index (χ1) is 17.9. The first-order valence-electron chi connectivity index (χ1n) is 12.8. The largest absolute Gasteiger partial charge is 0.459 e. The van der Waals surface area contributed by atoms with Gasteiger partial charge in [-0.05, 0) is 38.7 Å². The molecule has 0 spiro atoms. The molecule has 2 aromatic rings. The topological polar surface area (TPSA) is 134 Å². The summed E-state index contributed by atoms with van der Waals surface area (Å²) in [6, 6.07) is 8.37. The summed E-state index contributed by atoms with van der Waals surface area (Å²) >= 11 is 0. The third kappa shape index (κ3) is 8.06. The van der Waals surface area contributed by atoms with Crippen LogP contribution in [-0.2, 0) is 20.9 Å². The summed E-state index contributed by atoms with van der Waals surface area (Å²) in [5, 5.41) is 2.69. The Morgan fingerprint density at radius 1 is 1.03 bits per heavy atom. The van der Waals surface area contributed by atoms with Crippen LogP contribution in [0.4, 0.5) is 4.79 Å². The summed E-state index contributed by atoms with van der Waals surface area (Å²) in [5.74, 6) is -1.52. The Kier molecular flexibility index (Phi) is 9.49. The van der Waals surface area contributed by atoms with Crippen molar-refractivity contribution in [3.8, 4) is 0 Å². The molecule has 0 aliphatic carbocycles. The lowest BCUT2D eigenvalue weighted by molar-refractivity contribution is -0.147. The van der Waals surface area contributed by atoms with Crippen LogP contribution in [0.15, 0.2) is 36.7 Å². The van der Waals surface area contributed by atoms with Crippen molar-refractivity contribution < 1.29 is 28.7 Å². The summed E-state index contributed by atoms with van der Waals surface area (Å²) in [7, 11) is 0. The van der Waals surface area contributed by atoms with Crippen LogP contribution in [0, 0.1) is 5.92 Å². The van der Waals surface area contributed by atoms with Gasteiger partial charge in [-0.25, -0.2) is 14.6 Å². The number of aromatic nitrogens is 2. The lowest BCUT2D eigenvalue weighted by Crippen LogP contribution is -2.52. The van der Waals surface area contributed by atoms with Gasteiger partial charge in [0.25, 0.3) is 11.8 Å². The Labute approximate surface area is 222 Å². The van der Waals surface area contributed by atoms with Crippen LogP contribution in [0.2, 0.25) is 0 Å². The number of hydrogen-bond acceptors (Lipinski definition) is 7. The number of rotatable bonds is 8. The number of piperazine rings is 1. The number of aromatic amines is 1. The van der Waals surface area contributed by atoms with E-state index in [-0.39, 0.29) is 37.0 Å². The molecule has 3 rings (SSSR count). The second-order valence-corrected chi connectivity index (χ2v) is 10.6. The number of ether oxygens (including phenoxy) is 2. The molecule has 2 heterocycles. The van der Waals surface area contributed by atoms with E-state index in [9.17, 15) is 19.2 Å². The number of nitrogens with zero attached hydrogens (tertiary/aromatic N) is 3. The minimum atomic E-state index is -0.900. The van der Waals surface area contributed by atoms with Crippen molar-refractivity contribution in [3.63, 3.8) is 0 Å². The fraction of sp³-hybridized carbons (Fsp3) is 0.519. The molecule has 3 amide bonds. The molecule has 0 radical (unpaired) electrons. The zero-order chi connectivity index (χ0) is 27.9. The molecule has 1 aromatic carbocycles. The van der Waals surface area contributed by atoms with Gasteiger partial charge in [-0.1, -0.05) is 44.2 Å². The van der Waals surface area contributed by atoms with E-state index >= 15 is 0 Å². The fourth-order valence-corrected chi connectivity index (χ4v) is 3.95. The second-order valence-electron chi connectivity index (χ2n) is 10.6. The van der Waals surface area contributed by atoms with Crippen molar-refractivity contribution in [2.24, 2.45) is 5.92 Å². The van der Waals surface area contributed by atoms with Crippen LogP contribution in [0.3, 0.4) is 0 Å². The van der Waals surface area contributed by atoms with Crippen LogP contribution in [-0.4, -0.2) is 81.5 Å². The molecule has 1 unspecified atom stereocenters. The molecule has 38 heavy (non-hydrogen) atoms. The van der Waals surface area contributed by atoms with Gasteiger partial charge in [-0.2, -0.15) is 0 Å². The molecule has 0 saturated carbocycles. The molecule has 0 bridgehead atoms. The summed E-state index contributed by atoms with van der Waals surface area (Å²) in [4.78, 5) is 61.3. The summed E-state index contributed by atoms with van der Waals surface area (Å²) < 4.78 is 10.8. The van der Waals surface area contributed by atoms with Gasteiger partial charge in [0.15, 0.2) is 5.69 Å². The molecule has 1 aliphatic rings. The highest BCUT2D eigenvalue weighted by molar-refractivity contribution is 6.05. The maximum atomic E-state index is 13.2. The summed E-state index contributed by atoms with van der Waals surface area (Å²) in [6.07, 6.45) is 1.20. The van der Waals surface area contributed by atoms with Gasteiger partial charge in [0.1, 0.15) is 23.9 Å². The Balaban J connectivity index is 1.62. The zero-order valence-corrected chi connectivity index (χ0v) is 22.7. The molecule has 2 N–H and O–H groups in total. The van der Waals surface area contributed by atoms with Crippen molar-refractivity contribution in [2.75, 3.05) is 26.2 Å². The first-order valence-corrected chi connectivity index (χ1v) is 12.8. The summed E-state index contributed by atoms with van der Waals surface area (Å²) in [5.41, 5.74) is 0.148. The number of benzene rings is 1. The lowest BCUT2D eigenvalue weighted by Gasteiger charge is -2.35. The Bertz CT molecular complexity index is 1120. The van der Waals surface area contributed by atoms with Crippen molar-refractivity contribution in [1.82, 2.24) is 25.1 Å². The average Bonchev–Trinajstić information content (AvgIpc) is 3.36. The highest BCUT2D eigenvalue weighted by Crippen LogP contribution is 2.15. The number of imidazole rings is 1. The number of carbonyl (C=O) groups excluding carboxylic acids is 4. The third-order valence-electron chi connectivity index (χ3n) is 5.81. The van der Waals surface area contributed by atoms with E-state index in [0.717, 1.165) is 5.56 Å². The van der Waals surface area contributed by atoms with Gasteiger partial charge in [0.05, 0.1) is 6.33 Å². The maximum absolute atomic E-state index is 13.2. The van der Waals surface area contributed by atoms with E-state index in [1.165, 1.54) is 6.33 Å². The molecule has 1 fully saturated rings. The fourth-order valence-electron chi connectivity index (χ4n) is 3.95. The Morgan fingerprint density at radius 3 is 2.26 bits per heavy atom. The number of carbonyl (C=O) groups is 4. The van der Waals surface area contributed by atoms with Crippen LogP contribution in [0.5, 0.6) is 0 Å². The molecule has 11 nitrogen and oxygen atoms in total. The van der Waals surface area contributed by atoms with Gasteiger partial charge in [0.2, 0.25) is 0 Å². The van der Waals surface area contributed by atoms with E-state index in [1.807, 2.05) is 44.2 Å². The molecule has 11 heteroatoms. The van der Waals surface area contributed by atoms with Gasteiger partial charge in [-0.3, -0.25) is 9.59 Å². The highest BCUT2D eigenvalue weighted by atomic mass is 16.6. The van der Waals surface area contributed by atoms with E-state index in [1.54, 1.807) is 30.6 Å². The highest BCUT2D eigenvalue weighted by Gasteiger charge is 2.32. The third-order valence-corrected chi connectivity index (χ3v) is 5.81. The zero-order valence-electron chi connectivity index (χ0n) is 22.7. The van der Waals surface area contributed by atoms with Gasteiger partial charge in [0, 0.05) is 26.2 Å². The van der Waals surface area contributed by atoms with Gasteiger partial charge >= 0.3 is 12.1 Å². The molecular formula is C27H37N5O6. The van der Waals surface area contributed by atoms with Crippen LogP contribution in [0.1, 0.15) is 67.6 Å². The standard InChI is InChI=1S/C27H37N5O6/c1-18(2)15-20(25(35)37-16-19-9-7-6-8-10-19)30-23(33)21-22(29-17-28-21)24(34)31-11-13-32(14-12-31)26(36)38-27(3,4)5/h6-10,17-18,20H,11-16H2,1-5H3,(H,28,29)(H,30,33). The molecule has 1 atom stereocenters. The molecular weight excluding hydrogens is 490 g/mol. The SMILES string of the molecule is CC(C)CC(NC(=O)c1nc[nH]c1C(=O)N1CCN(C(=O)OC(C)(C)C)CC1)C(=O)OCc1ccccc1. The first kappa shape index (κ1) is 28.7. The van der Waals surface area contributed by atoms with Crippen molar-refractivity contribution in [1.29, 1.82) is 0 Å². The lowest BCUT2D eigenvalue weighted by atomic mass is 10.0. The van der Waals surface area contributed by atoms with E-state index in [4.69, 9.17) is 9.47 Å². The van der Waals surface area contributed by atoms with Crippen molar-refractivity contribution >= 4 is 23.9 Å².